The minimum absolute atomic E-state index is 0.371. The molecule has 0 aliphatic carbocycles. The van der Waals surface area contributed by atoms with Crippen LogP contribution in [0.15, 0.2) is 72.8 Å². The summed E-state index contributed by atoms with van der Waals surface area (Å²) < 4.78 is 11.3. The molecule has 39 heavy (non-hydrogen) atoms. The molecule has 5 heteroatoms. The molecule has 0 unspecified atom stereocenters. The summed E-state index contributed by atoms with van der Waals surface area (Å²) in [5.41, 5.74) is 6.34. The molecule has 204 valence electrons. The number of aliphatic carboxylic acids is 1. The lowest BCUT2D eigenvalue weighted by atomic mass is 9.96. The molecule has 3 rings (SSSR count). The lowest BCUT2D eigenvalue weighted by molar-refractivity contribution is -0.139. The smallest absolute Gasteiger partial charge is 0.341 e. The van der Waals surface area contributed by atoms with Gasteiger partial charge in [-0.2, -0.15) is 0 Å². The summed E-state index contributed by atoms with van der Waals surface area (Å²) in [5, 5.41) is 8.84. The minimum Gasteiger partial charge on any atom is -0.489 e. The molecule has 0 aliphatic heterocycles. The van der Waals surface area contributed by atoms with Crippen LogP contribution in [0.3, 0.4) is 0 Å². The van der Waals surface area contributed by atoms with Crippen LogP contribution in [0.4, 0.5) is 0 Å². The van der Waals surface area contributed by atoms with Crippen molar-refractivity contribution in [1.29, 1.82) is 0 Å². The summed E-state index contributed by atoms with van der Waals surface area (Å²) >= 11 is 0. The van der Waals surface area contributed by atoms with Crippen molar-refractivity contribution in [3.8, 4) is 23.3 Å². The van der Waals surface area contributed by atoms with E-state index in [1.807, 2.05) is 13.0 Å². The fourth-order valence-corrected chi connectivity index (χ4v) is 4.26. The van der Waals surface area contributed by atoms with E-state index in [1.165, 1.54) is 5.56 Å². The number of aryl methyl sites for hydroxylation is 2. The lowest BCUT2D eigenvalue weighted by Crippen LogP contribution is -2.25. The molecule has 0 bridgehead atoms. The maximum absolute atomic E-state index is 10.8. The van der Waals surface area contributed by atoms with Crippen LogP contribution in [-0.2, 0) is 4.79 Å². The van der Waals surface area contributed by atoms with Gasteiger partial charge in [-0.3, -0.25) is 4.90 Å². The summed E-state index contributed by atoms with van der Waals surface area (Å²) in [7, 11) is 0. The van der Waals surface area contributed by atoms with Gasteiger partial charge in [0.05, 0.1) is 6.54 Å². The maximum Gasteiger partial charge on any atom is 0.341 e. The normalized spacial score (nSPS) is 11.2. The van der Waals surface area contributed by atoms with Gasteiger partial charge in [0, 0.05) is 5.56 Å². The Hall–Kier alpha value is -4.01. The molecule has 0 aliphatic rings. The molecule has 0 amide bonds. The molecule has 5 nitrogen and oxygen atoms in total. The second-order valence-electron chi connectivity index (χ2n) is 9.56. The van der Waals surface area contributed by atoms with Gasteiger partial charge in [-0.1, -0.05) is 67.6 Å². The van der Waals surface area contributed by atoms with Gasteiger partial charge in [-0.25, -0.2) is 4.79 Å². The van der Waals surface area contributed by atoms with Crippen molar-refractivity contribution in [3.63, 3.8) is 0 Å². The molecule has 0 heterocycles. The Bertz CT molecular complexity index is 1290. The van der Waals surface area contributed by atoms with Crippen molar-refractivity contribution in [3.05, 3.63) is 101 Å². The highest BCUT2D eigenvalue weighted by atomic mass is 16.5. The summed E-state index contributed by atoms with van der Waals surface area (Å²) in [6.07, 6.45) is 4.36. The van der Waals surface area contributed by atoms with Crippen molar-refractivity contribution in [2.24, 2.45) is 0 Å². The molecule has 0 spiro atoms. The van der Waals surface area contributed by atoms with Crippen molar-refractivity contribution < 1.29 is 19.4 Å². The van der Waals surface area contributed by atoms with Gasteiger partial charge in [0.2, 0.25) is 0 Å². The van der Waals surface area contributed by atoms with Gasteiger partial charge in [0.1, 0.15) is 18.1 Å². The average molecular weight is 526 g/mol. The number of nitrogens with zero attached hydrogens (tertiary/aromatic N) is 1. The third-order valence-electron chi connectivity index (χ3n) is 6.21. The minimum atomic E-state index is -1.01. The average Bonchev–Trinajstić information content (AvgIpc) is 2.92. The summed E-state index contributed by atoms with van der Waals surface area (Å²) in [6, 6.07) is 22.3. The molecule has 3 aromatic carbocycles. The van der Waals surface area contributed by atoms with Gasteiger partial charge in [0.15, 0.2) is 6.61 Å². The number of rotatable bonds is 13. The highest BCUT2D eigenvalue weighted by Gasteiger charge is 2.08. The quantitative estimate of drug-likeness (QED) is 0.250. The van der Waals surface area contributed by atoms with Crippen LogP contribution in [0.5, 0.6) is 11.5 Å². The number of benzene rings is 3. The second-order valence-corrected chi connectivity index (χ2v) is 9.56. The summed E-state index contributed by atoms with van der Waals surface area (Å²) in [6.45, 7) is 11.3. The Kier molecular flexibility index (Phi) is 11.7. The van der Waals surface area contributed by atoms with Gasteiger partial charge < -0.3 is 14.6 Å². The van der Waals surface area contributed by atoms with Gasteiger partial charge >= 0.3 is 5.97 Å². The molecular weight excluding hydrogens is 486 g/mol. The Morgan fingerprint density at radius 1 is 0.897 bits per heavy atom. The third kappa shape index (κ3) is 9.67. The van der Waals surface area contributed by atoms with Crippen LogP contribution in [0.25, 0.3) is 5.57 Å². The SMILES string of the molecule is CCCN(CC#Cc1ccc(/C(=C\COc2ccc(OCC(=O)O)c(C)c2)c2ccc(C)cc2)cc1)CCC. The number of hydrogen-bond donors (Lipinski definition) is 1. The number of ether oxygens (including phenoxy) is 2. The highest BCUT2D eigenvalue weighted by Crippen LogP contribution is 2.26. The molecule has 1 N–H and O–H groups in total. The first-order chi connectivity index (χ1) is 18.9. The predicted molar refractivity (Wildman–Crippen MR) is 158 cm³/mol. The van der Waals surface area contributed by atoms with Gasteiger partial charge in [-0.05, 0) is 98.4 Å². The Labute approximate surface area is 233 Å². The zero-order valence-electron chi connectivity index (χ0n) is 23.5. The Morgan fingerprint density at radius 2 is 1.54 bits per heavy atom. The van der Waals surface area contributed by atoms with Crippen LogP contribution < -0.4 is 9.47 Å². The summed E-state index contributed by atoms with van der Waals surface area (Å²) in [5.74, 6) is 6.88. The zero-order chi connectivity index (χ0) is 28.0. The zero-order valence-corrected chi connectivity index (χ0v) is 23.5. The third-order valence-corrected chi connectivity index (χ3v) is 6.21. The monoisotopic (exact) mass is 525 g/mol. The molecule has 0 atom stereocenters. The first kappa shape index (κ1) is 29.5. The maximum atomic E-state index is 10.8. The standard InChI is InChI=1S/C34H39NO4/c1-5-20-35(21-6-2)22-7-8-28-11-15-30(16-12-28)32(29-13-9-26(3)10-14-29)19-23-38-31-17-18-33(27(4)24-31)39-25-34(36)37/h9-19,24H,5-6,20-23,25H2,1-4H3,(H,36,37)/b32-19-. The van der Waals surface area contributed by atoms with Crippen molar-refractivity contribution >= 4 is 11.5 Å². The number of carboxylic acid groups (broad SMARTS) is 1. The van der Waals surface area contributed by atoms with Gasteiger partial charge in [0.25, 0.3) is 0 Å². The lowest BCUT2D eigenvalue weighted by Gasteiger charge is -2.17. The first-order valence-corrected chi connectivity index (χ1v) is 13.6. The Balaban J connectivity index is 1.75. The van der Waals surface area contributed by atoms with Crippen LogP contribution in [0.1, 0.15) is 54.5 Å². The van der Waals surface area contributed by atoms with Crippen LogP contribution in [-0.4, -0.2) is 48.8 Å². The molecule has 3 aromatic rings. The van der Waals surface area contributed by atoms with E-state index in [4.69, 9.17) is 14.6 Å². The van der Waals surface area contributed by atoms with Crippen molar-refractivity contribution in [2.75, 3.05) is 32.8 Å². The second kappa shape index (κ2) is 15.4. The summed E-state index contributed by atoms with van der Waals surface area (Å²) in [4.78, 5) is 13.2. The van der Waals surface area contributed by atoms with Crippen LogP contribution in [0, 0.1) is 25.7 Å². The first-order valence-electron chi connectivity index (χ1n) is 13.6. The fourth-order valence-electron chi connectivity index (χ4n) is 4.26. The highest BCUT2D eigenvalue weighted by molar-refractivity contribution is 5.80. The predicted octanol–water partition coefficient (Wildman–Crippen LogP) is 6.75. The largest absolute Gasteiger partial charge is 0.489 e. The molecular formula is C34H39NO4. The number of carboxylic acids is 1. The molecule has 0 saturated carbocycles. The van der Waals surface area contributed by atoms with E-state index in [1.54, 1.807) is 12.1 Å². The van der Waals surface area contributed by atoms with E-state index in [2.05, 4.69) is 92.1 Å². The fraction of sp³-hybridized carbons (Fsp3) is 0.324. The Morgan fingerprint density at radius 3 is 2.13 bits per heavy atom. The van der Waals surface area contributed by atoms with E-state index in [9.17, 15) is 4.79 Å². The molecule has 0 radical (unpaired) electrons. The van der Waals surface area contributed by atoms with E-state index >= 15 is 0 Å². The van der Waals surface area contributed by atoms with Gasteiger partial charge in [-0.15, -0.1) is 0 Å². The number of carbonyl (C=O) groups is 1. The van der Waals surface area contributed by atoms with E-state index in [0.29, 0.717) is 18.1 Å². The van der Waals surface area contributed by atoms with Crippen LogP contribution in [0.2, 0.25) is 0 Å². The topological polar surface area (TPSA) is 59.0 Å². The van der Waals surface area contributed by atoms with E-state index in [0.717, 1.165) is 60.3 Å². The molecule has 0 saturated heterocycles. The molecule has 0 fully saturated rings. The van der Waals surface area contributed by atoms with E-state index < -0.39 is 5.97 Å². The van der Waals surface area contributed by atoms with Crippen molar-refractivity contribution in [2.45, 2.75) is 40.5 Å². The van der Waals surface area contributed by atoms with Crippen molar-refractivity contribution in [1.82, 2.24) is 4.90 Å². The molecule has 0 aromatic heterocycles. The number of hydrogen-bond acceptors (Lipinski definition) is 4. The van der Waals surface area contributed by atoms with Crippen LogP contribution >= 0.6 is 0 Å². The van der Waals surface area contributed by atoms with E-state index in [-0.39, 0.29) is 6.61 Å².